The van der Waals surface area contributed by atoms with E-state index in [4.69, 9.17) is 36.3 Å². The molecular weight excluding hydrogens is 1210 g/mol. The fraction of sp³-hybridized carbons (Fsp3) is 0.491. The monoisotopic (exact) mass is 1270 g/mol. The van der Waals surface area contributed by atoms with Crippen LogP contribution in [0, 0.1) is 35.0 Å². The number of nitriles is 1. The van der Waals surface area contributed by atoms with Crippen LogP contribution in [0.2, 0.25) is 5.02 Å². The number of carbonyl (C=O) groups is 3. The predicted molar refractivity (Wildman–Crippen MR) is 309 cm³/mol. The third-order valence-electron chi connectivity index (χ3n) is 12.9. The number of halogens is 11. The number of thioether (sulfide) groups is 1. The van der Waals surface area contributed by atoms with Gasteiger partial charge in [-0.15, -0.1) is 11.8 Å². The Morgan fingerprint density at radius 1 is 0.930 bits per heavy atom. The fourth-order valence-electron chi connectivity index (χ4n) is 9.38. The molecule has 0 radical (unpaired) electrons. The van der Waals surface area contributed by atoms with E-state index in [1.165, 1.54) is 48.5 Å². The van der Waals surface area contributed by atoms with Gasteiger partial charge in [-0.25, -0.2) is 13.8 Å². The molecule has 2 aliphatic rings. The van der Waals surface area contributed by atoms with Crippen LogP contribution < -0.4 is 14.9 Å². The number of anilines is 1. The molecule has 86 heavy (non-hydrogen) atoms. The van der Waals surface area contributed by atoms with Crippen LogP contribution >= 0.6 is 35.3 Å². The molecule has 4 heterocycles. The SMILES string of the molecule is CC.CO.CSN(C(=O)CN1CCN(C(=BOC#N)NC(=O)OC(C)(C)C)CC1)c1nn(CC(F)(F)F)c2c(-c3ccc(C#CC(C)(C)SC)nc3C(Cc3cc(F)cc(F)c3)NC(=O)Cn3nc(C(F)(F)F)c4c3C(F)(F)C[C@@H]4C)ccc(Cl)c12. The molecule has 17 nitrogen and oxygen atoms in total. The summed E-state index contributed by atoms with van der Waals surface area (Å²) in [5.74, 6) is -3.50. The predicted octanol–water partition coefficient (Wildman–Crippen LogP) is 10.6. The number of ether oxygens (including phenoxy) is 1. The second kappa shape index (κ2) is 28.9. The molecule has 2 aromatic carbocycles. The van der Waals surface area contributed by atoms with Gasteiger partial charge in [0, 0.05) is 30.7 Å². The van der Waals surface area contributed by atoms with Crippen molar-refractivity contribution in [2.45, 2.75) is 122 Å². The quantitative estimate of drug-likeness (QED) is 0.0277. The van der Waals surface area contributed by atoms with Gasteiger partial charge in [-0.1, -0.05) is 32.8 Å². The van der Waals surface area contributed by atoms with E-state index in [0.717, 1.165) is 49.5 Å². The zero-order chi connectivity index (χ0) is 64.4. The number of alkyl halides is 8. The molecular formula is C55H63BClF10N11O6S2. The summed E-state index contributed by atoms with van der Waals surface area (Å²) in [6, 6.07) is 6.19. The number of fused-ring (bicyclic) bond motifs is 2. The molecule has 1 unspecified atom stereocenters. The number of amides is 3. The van der Waals surface area contributed by atoms with E-state index < -0.39 is 113 Å². The second-order valence-corrected chi connectivity index (χ2v) is 23.2. The summed E-state index contributed by atoms with van der Waals surface area (Å²) in [6.45, 7) is 11.2. The van der Waals surface area contributed by atoms with Crippen LogP contribution in [0.1, 0.15) is 108 Å². The van der Waals surface area contributed by atoms with Crippen molar-refractivity contribution in [3.8, 4) is 29.2 Å². The van der Waals surface area contributed by atoms with Gasteiger partial charge in [-0.3, -0.25) is 9.48 Å². The third kappa shape index (κ3) is 17.7. The molecule has 1 fully saturated rings. The number of pyridine rings is 1. The summed E-state index contributed by atoms with van der Waals surface area (Å²) in [4.78, 5) is 49.5. The Balaban J connectivity index is 0.00000330. The summed E-state index contributed by atoms with van der Waals surface area (Å²) in [6.07, 6.45) is -7.80. The van der Waals surface area contributed by atoms with Gasteiger partial charge in [-0.05, 0) is 68.2 Å². The van der Waals surface area contributed by atoms with Crippen molar-refractivity contribution in [2.24, 2.45) is 0 Å². The molecule has 3 amide bonds. The van der Waals surface area contributed by atoms with E-state index in [1.54, 1.807) is 50.7 Å². The summed E-state index contributed by atoms with van der Waals surface area (Å²) < 4.78 is 159. The normalized spacial score (nSPS) is 15.5. The van der Waals surface area contributed by atoms with Crippen LogP contribution in [0.3, 0.4) is 0 Å². The maximum atomic E-state index is 15.5. The zero-order valence-electron chi connectivity index (χ0n) is 48.6. The third-order valence-corrected chi connectivity index (χ3v) is 15.1. The molecule has 1 aliphatic carbocycles. The van der Waals surface area contributed by atoms with Crippen molar-refractivity contribution in [1.82, 2.24) is 45.0 Å². The number of rotatable bonds is 16. The summed E-state index contributed by atoms with van der Waals surface area (Å²) in [5, 5.41) is 28.6. The van der Waals surface area contributed by atoms with Gasteiger partial charge in [0.15, 0.2) is 5.69 Å². The number of nitrogens with one attached hydrogen (secondary N) is 2. The fourth-order valence-corrected chi connectivity index (χ4v) is 10.3. The Hall–Kier alpha value is -6.73. The van der Waals surface area contributed by atoms with Gasteiger partial charge >= 0.3 is 226 Å². The van der Waals surface area contributed by atoms with Gasteiger partial charge in [0.25, 0.3) is 5.92 Å². The number of aliphatic hydroxyl groups is 1. The molecule has 31 heteroatoms. The number of alkyl carbamates (subject to hydrolysis) is 1. The van der Waals surface area contributed by atoms with Crippen LogP contribution in [0.15, 0.2) is 42.5 Å². The Bertz CT molecular complexity index is 3390. The van der Waals surface area contributed by atoms with Crippen molar-refractivity contribution < 1.29 is 72.8 Å². The van der Waals surface area contributed by atoms with E-state index in [9.17, 15) is 49.5 Å². The number of carbonyl (C=O) groups excluding carboxylic acids is 3. The van der Waals surface area contributed by atoms with Crippen LogP contribution in [-0.2, 0) is 50.6 Å². The van der Waals surface area contributed by atoms with E-state index in [2.05, 4.69) is 32.7 Å². The number of hydrogen-bond donors (Lipinski definition) is 3. The number of benzene rings is 2. The number of aromatic nitrogens is 5. The Morgan fingerprint density at radius 2 is 1.56 bits per heavy atom. The van der Waals surface area contributed by atoms with Crippen molar-refractivity contribution in [3.05, 3.63) is 93.0 Å². The van der Waals surface area contributed by atoms with Crippen molar-refractivity contribution in [3.63, 3.8) is 0 Å². The molecule has 1 aliphatic heterocycles. The van der Waals surface area contributed by atoms with Crippen LogP contribution in [0.25, 0.3) is 22.0 Å². The number of hydrogen-bond acceptors (Lipinski definition) is 14. The first kappa shape index (κ1) is 70.0. The van der Waals surface area contributed by atoms with Crippen LogP contribution in [-0.4, -0.2) is 139 Å². The number of aliphatic hydroxyl groups excluding tert-OH is 1. The van der Waals surface area contributed by atoms with Gasteiger partial charge in [0.1, 0.15) is 29.6 Å². The molecule has 3 aromatic heterocycles. The van der Waals surface area contributed by atoms with Crippen LogP contribution in [0.4, 0.5) is 54.5 Å². The molecule has 7 rings (SSSR count). The molecule has 5 aromatic rings. The average molecular weight is 1270 g/mol. The van der Waals surface area contributed by atoms with Gasteiger partial charge in [-0.2, -0.15) is 40.2 Å². The minimum absolute atomic E-state index is 0.00984. The number of nitrogens with zero attached hydrogens (tertiary/aromatic N) is 9. The Morgan fingerprint density at radius 3 is 2.13 bits per heavy atom. The first-order valence-electron chi connectivity index (χ1n) is 26.4. The standard InChI is InChI=1S/C52H53BClF10N11O5S2.C2H6.CH4O/c1-28-23-50(57,58)44-39(28)43(52(62,63)64)69-73(44)24-37(76)67-36(21-29-19-30(55)22-31(56)20-29)41-33(10-9-32(66-41)13-14-49(5,6)81-7)34-11-12-35(54)40-42(34)74(26-51(59,60)61)70-45(40)75(82-8)38(77)25-71-15-17-72(18-16-71)46(53-79-27-65)68-47(78)80-48(2,3)4;2*1-2/h9-12,19-20,22,28,36H,15-18,21,23-26H2,1-8H3,(H,67,76)(H,68,78);1-2H3;2H,1H3/t28-,36?;;/m0../s1. The van der Waals surface area contributed by atoms with E-state index in [-0.39, 0.29) is 92.9 Å². The van der Waals surface area contributed by atoms with Crippen molar-refractivity contribution in [2.75, 3.05) is 56.7 Å². The average Bonchev–Trinajstić information content (AvgIpc) is 1.93. The van der Waals surface area contributed by atoms with Gasteiger partial charge in [0.05, 0.1) is 16.5 Å². The first-order chi connectivity index (χ1) is 40.2. The van der Waals surface area contributed by atoms with Crippen molar-refractivity contribution in [1.29, 1.82) is 5.26 Å². The topological polar surface area (TPSA) is 196 Å². The van der Waals surface area contributed by atoms with E-state index >= 15 is 8.78 Å². The Kier molecular flexibility index (Phi) is 23.5. The second-order valence-electron chi connectivity index (χ2n) is 20.7. The summed E-state index contributed by atoms with van der Waals surface area (Å²) >= 11 is 9.07. The molecule has 0 spiro atoms. The van der Waals surface area contributed by atoms with Gasteiger partial charge < -0.3 is 10.4 Å². The maximum absolute atomic E-state index is 15.5. The molecule has 0 bridgehead atoms. The molecule has 0 saturated carbocycles. The summed E-state index contributed by atoms with van der Waals surface area (Å²) in [7, 11) is 2.02. The number of piperazine rings is 1. The Labute approximate surface area is 504 Å². The zero-order valence-corrected chi connectivity index (χ0v) is 51.0. The summed E-state index contributed by atoms with van der Waals surface area (Å²) in [5.41, 5.74) is -5.11. The van der Waals surface area contributed by atoms with E-state index in [1.807, 2.05) is 13.8 Å². The molecule has 466 valence electrons. The van der Waals surface area contributed by atoms with E-state index in [0.29, 0.717) is 10.7 Å². The minimum atomic E-state index is -5.20. The van der Waals surface area contributed by atoms with Crippen molar-refractivity contribution >= 4 is 82.8 Å². The molecule has 2 atom stereocenters. The molecule has 1 saturated heterocycles. The van der Waals surface area contributed by atoms with Crippen LogP contribution in [0.5, 0.6) is 0 Å². The first-order valence-corrected chi connectivity index (χ1v) is 29.2. The molecule has 3 N–H and O–H groups in total. The van der Waals surface area contributed by atoms with Gasteiger partial charge in [0.2, 0.25) is 5.91 Å².